The van der Waals surface area contributed by atoms with Gasteiger partial charge in [-0.1, -0.05) is 41.1 Å². The quantitative estimate of drug-likeness (QED) is 0.694. The van der Waals surface area contributed by atoms with Crippen molar-refractivity contribution in [2.24, 2.45) is 0 Å². The number of anilines is 1. The molecule has 3 rings (SSSR count). The lowest BCUT2D eigenvalue weighted by Crippen LogP contribution is -2.07. The summed E-state index contributed by atoms with van der Waals surface area (Å²) < 4.78 is 1.07. The molecule has 2 aromatic carbocycles. The van der Waals surface area contributed by atoms with E-state index in [4.69, 9.17) is 11.6 Å². The molecule has 22 heavy (non-hydrogen) atoms. The van der Waals surface area contributed by atoms with E-state index in [0.717, 1.165) is 15.8 Å². The van der Waals surface area contributed by atoms with Gasteiger partial charge in [0.2, 0.25) is 5.91 Å². The first-order chi connectivity index (χ1) is 10.6. The maximum absolute atomic E-state index is 11.9. The number of fused-ring (bicyclic) bond motifs is 1. The number of aromatic nitrogens is 1. The molecule has 0 aliphatic carbocycles. The molecule has 3 nitrogen and oxygen atoms in total. The van der Waals surface area contributed by atoms with Gasteiger partial charge in [-0.15, -0.1) is 0 Å². The fourth-order valence-corrected chi connectivity index (χ4v) is 3.07. The molecule has 0 saturated heterocycles. The van der Waals surface area contributed by atoms with Crippen molar-refractivity contribution < 1.29 is 4.79 Å². The predicted octanol–water partition coefficient (Wildman–Crippen LogP) is 4.91. The normalized spacial score (nSPS) is 11.2. The van der Waals surface area contributed by atoms with E-state index in [-0.39, 0.29) is 5.91 Å². The van der Waals surface area contributed by atoms with Crippen molar-refractivity contribution in [3.63, 3.8) is 0 Å². The third kappa shape index (κ3) is 3.53. The highest BCUT2D eigenvalue weighted by Crippen LogP contribution is 2.26. The van der Waals surface area contributed by atoms with Crippen LogP contribution in [0, 0.1) is 6.92 Å². The molecule has 0 aliphatic heterocycles. The Morgan fingerprint density at radius 1 is 1.23 bits per heavy atom. The fraction of sp³-hybridized carbons (Fsp3) is 0.0588. The van der Waals surface area contributed by atoms with Crippen LogP contribution in [0.2, 0.25) is 5.02 Å². The highest BCUT2D eigenvalue weighted by Gasteiger charge is 2.05. The number of benzene rings is 2. The van der Waals surface area contributed by atoms with Crippen molar-refractivity contribution in [2.75, 3.05) is 5.32 Å². The van der Waals surface area contributed by atoms with Gasteiger partial charge in [0.15, 0.2) is 5.13 Å². The largest absolute Gasteiger partial charge is 0.298 e. The van der Waals surface area contributed by atoms with Gasteiger partial charge >= 0.3 is 0 Å². The van der Waals surface area contributed by atoms with Crippen LogP contribution in [0.5, 0.6) is 0 Å². The van der Waals surface area contributed by atoms with E-state index in [1.165, 1.54) is 23.0 Å². The molecule has 110 valence electrons. The molecule has 0 aliphatic rings. The lowest BCUT2D eigenvalue weighted by molar-refractivity contribution is -0.111. The Hall–Kier alpha value is -2.17. The molecule has 1 N–H and O–H groups in total. The lowest BCUT2D eigenvalue weighted by atomic mass is 10.2. The predicted molar refractivity (Wildman–Crippen MR) is 93.5 cm³/mol. The number of nitrogens with one attached hydrogen (secondary N) is 1. The maximum Gasteiger partial charge on any atom is 0.250 e. The van der Waals surface area contributed by atoms with Gasteiger partial charge in [0.25, 0.3) is 0 Å². The molecule has 0 spiro atoms. The zero-order valence-corrected chi connectivity index (χ0v) is 13.4. The molecule has 0 atom stereocenters. The second-order valence-corrected chi connectivity index (χ2v) is 6.33. The first-order valence-corrected chi connectivity index (χ1v) is 7.91. The van der Waals surface area contributed by atoms with E-state index in [9.17, 15) is 4.79 Å². The number of amides is 1. The van der Waals surface area contributed by atoms with Crippen molar-refractivity contribution in [3.8, 4) is 0 Å². The number of aryl methyl sites for hydroxylation is 1. The number of hydrogen-bond acceptors (Lipinski definition) is 3. The number of hydrogen-bond donors (Lipinski definition) is 1. The highest BCUT2D eigenvalue weighted by molar-refractivity contribution is 7.22. The summed E-state index contributed by atoms with van der Waals surface area (Å²) in [5.41, 5.74) is 2.99. The summed E-state index contributed by atoms with van der Waals surface area (Å²) >= 11 is 7.29. The van der Waals surface area contributed by atoms with E-state index in [1.54, 1.807) is 18.2 Å². The first kappa shape index (κ1) is 14.8. The monoisotopic (exact) mass is 328 g/mol. The molecule has 1 amide bonds. The topological polar surface area (TPSA) is 42.0 Å². The minimum absolute atomic E-state index is 0.203. The number of rotatable bonds is 3. The number of thiazole rings is 1. The van der Waals surface area contributed by atoms with Crippen LogP contribution in [0.15, 0.2) is 48.5 Å². The number of halogens is 1. The first-order valence-electron chi connectivity index (χ1n) is 6.72. The second-order valence-electron chi connectivity index (χ2n) is 4.86. The molecule has 1 aromatic heterocycles. The van der Waals surface area contributed by atoms with Crippen LogP contribution >= 0.6 is 22.9 Å². The molecule has 1 heterocycles. The van der Waals surface area contributed by atoms with E-state index in [1.807, 2.05) is 31.2 Å². The summed E-state index contributed by atoms with van der Waals surface area (Å²) in [5, 5.41) is 4.06. The number of carbonyl (C=O) groups excluding carboxylic acids is 1. The SMILES string of the molecule is Cc1ccc2nc(NC(=O)C=Cc3ccc(Cl)cc3)sc2c1. The van der Waals surface area contributed by atoms with Crippen LogP contribution < -0.4 is 5.32 Å². The highest BCUT2D eigenvalue weighted by atomic mass is 35.5. The molecule has 0 bridgehead atoms. The van der Waals surface area contributed by atoms with Gasteiger partial charge < -0.3 is 0 Å². The van der Waals surface area contributed by atoms with Crippen LogP contribution in [-0.2, 0) is 4.79 Å². The molecule has 0 fully saturated rings. The van der Waals surface area contributed by atoms with Crippen LogP contribution in [0.3, 0.4) is 0 Å². The van der Waals surface area contributed by atoms with E-state index < -0.39 is 0 Å². The molecule has 0 unspecified atom stereocenters. The molecule has 5 heteroatoms. The summed E-state index contributed by atoms with van der Waals surface area (Å²) in [6, 6.07) is 13.3. The molecule has 0 saturated carbocycles. The van der Waals surface area contributed by atoms with Crippen LogP contribution in [0.25, 0.3) is 16.3 Å². The summed E-state index contributed by atoms with van der Waals surface area (Å²) in [6.45, 7) is 2.03. The van der Waals surface area contributed by atoms with Crippen molar-refractivity contribution in [1.82, 2.24) is 4.98 Å². The Kier molecular flexibility index (Phi) is 4.22. The van der Waals surface area contributed by atoms with E-state index in [2.05, 4.69) is 16.4 Å². The van der Waals surface area contributed by atoms with Crippen LogP contribution in [0.1, 0.15) is 11.1 Å². The molecular weight excluding hydrogens is 316 g/mol. The van der Waals surface area contributed by atoms with Gasteiger partial charge in [0, 0.05) is 11.1 Å². The average molecular weight is 329 g/mol. The Morgan fingerprint density at radius 3 is 2.77 bits per heavy atom. The zero-order valence-electron chi connectivity index (χ0n) is 11.8. The van der Waals surface area contributed by atoms with Crippen molar-refractivity contribution in [1.29, 1.82) is 0 Å². The van der Waals surface area contributed by atoms with Crippen molar-refractivity contribution >= 4 is 50.3 Å². The smallest absolute Gasteiger partial charge is 0.250 e. The Balaban J connectivity index is 1.71. The molecule has 3 aromatic rings. The van der Waals surface area contributed by atoms with Gasteiger partial charge in [0.1, 0.15) is 0 Å². The Bertz CT molecular complexity index is 853. The van der Waals surface area contributed by atoms with Gasteiger partial charge in [-0.2, -0.15) is 0 Å². The summed E-state index contributed by atoms with van der Waals surface area (Å²) in [4.78, 5) is 16.3. The zero-order chi connectivity index (χ0) is 15.5. The van der Waals surface area contributed by atoms with E-state index >= 15 is 0 Å². The van der Waals surface area contributed by atoms with Gasteiger partial charge in [-0.3, -0.25) is 10.1 Å². The van der Waals surface area contributed by atoms with Gasteiger partial charge in [0.05, 0.1) is 10.2 Å². The summed E-state index contributed by atoms with van der Waals surface area (Å²) in [6.07, 6.45) is 3.23. The number of carbonyl (C=O) groups is 1. The molecule has 0 radical (unpaired) electrons. The number of nitrogens with zero attached hydrogens (tertiary/aromatic N) is 1. The third-order valence-electron chi connectivity index (χ3n) is 3.07. The Labute approximate surface area is 137 Å². The Morgan fingerprint density at radius 2 is 2.00 bits per heavy atom. The average Bonchev–Trinajstić information content (AvgIpc) is 2.88. The van der Waals surface area contributed by atoms with Crippen LogP contribution in [-0.4, -0.2) is 10.9 Å². The summed E-state index contributed by atoms with van der Waals surface area (Å²) in [7, 11) is 0. The fourth-order valence-electron chi connectivity index (χ4n) is 1.98. The third-order valence-corrected chi connectivity index (χ3v) is 4.26. The summed E-state index contributed by atoms with van der Waals surface area (Å²) in [5.74, 6) is -0.203. The van der Waals surface area contributed by atoms with Crippen molar-refractivity contribution in [2.45, 2.75) is 6.92 Å². The van der Waals surface area contributed by atoms with E-state index in [0.29, 0.717) is 10.2 Å². The minimum atomic E-state index is -0.203. The second kappa shape index (κ2) is 6.30. The maximum atomic E-state index is 11.9. The van der Waals surface area contributed by atoms with Gasteiger partial charge in [-0.25, -0.2) is 4.98 Å². The van der Waals surface area contributed by atoms with Crippen LogP contribution in [0.4, 0.5) is 5.13 Å². The molecular formula is C17H13ClN2OS. The minimum Gasteiger partial charge on any atom is -0.298 e. The lowest BCUT2D eigenvalue weighted by Gasteiger charge is -1.96. The standard InChI is InChI=1S/C17H13ClN2OS/c1-11-2-8-14-15(10-11)22-17(19-14)20-16(21)9-5-12-3-6-13(18)7-4-12/h2-10H,1H3,(H,19,20,21). The van der Waals surface area contributed by atoms with Crippen molar-refractivity contribution in [3.05, 3.63) is 64.7 Å². The van der Waals surface area contributed by atoms with Gasteiger partial charge in [-0.05, 0) is 48.4 Å².